The van der Waals surface area contributed by atoms with Crippen LogP contribution in [0.3, 0.4) is 0 Å². The highest BCUT2D eigenvalue weighted by atomic mass is 16.2. The number of amides is 2. The number of carbonyl (C=O) groups is 2. The van der Waals surface area contributed by atoms with Crippen molar-refractivity contribution in [3.05, 3.63) is 24.3 Å². The topological polar surface area (TPSA) is 61.4 Å². The molecule has 0 spiro atoms. The number of nitrogens with one attached hydrogen (secondary N) is 2. The van der Waals surface area contributed by atoms with E-state index in [1.165, 1.54) is 0 Å². The van der Waals surface area contributed by atoms with Gasteiger partial charge in [0.05, 0.1) is 0 Å². The molecule has 1 rings (SSSR count). The average molecular weight is 291 g/mol. The first kappa shape index (κ1) is 17.0. The second-order valence-corrected chi connectivity index (χ2v) is 6.15. The number of benzene rings is 1. The Bertz CT molecular complexity index is 505. The van der Waals surface area contributed by atoms with Crippen LogP contribution in [0, 0.1) is 5.41 Å². The monoisotopic (exact) mass is 291 g/mol. The van der Waals surface area contributed by atoms with E-state index in [1.807, 2.05) is 57.1 Å². The van der Waals surface area contributed by atoms with Gasteiger partial charge in [-0.2, -0.15) is 0 Å². The van der Waals surface area contributed by atoms with Crippen molar-refractivity contribution in [3.8, 4) is 0 Å². The lowest BCUT2D eigenvalue weighted by molar-refractivity contribution is -0.138. The minimum absolute atomic E-state index is 0.00366. The molecule has 5 nitrogen and oxygen atoms in total. The Hall–Kier alpha value is -2.04. The maximum Gasteiger partial charge on any atom is 0.239 e. The van der Waals surface area contributed by atoms with Gasteiger partial charge in [0.25, 0.3) is 0 Å². The van der Waals surface area contributed by atoms with Gasteiger partial charge in [0.2, 0.25) is 11.8 Å². The Morgan fingerprint density at radius 2 is 1.57 bits per heavy atom. The van der Waals surface area contributed by atoms with Crippen molar-refractivity contribution in [1.82, 2.24) is 5.32 Å². The predicted molar refractivity (Wildman–Crippen MR) is 86.5 cm³/mol. The number of rotatable bonds is 5. The molecule has 0 heterocycles. The SMILES string of the molecule is CC(C)NC(=O)C(C)(C)C(=O)Nc1ccc(N(C)C)cc1. The van der Waals surface area contributed by atoms with Crippen LogP contribution in [0.15, 0.2) is 24.3 Å². The summed E-state index contributed by atoms with van der Waals surface area (Å²) in [6.07, 6.45) is 0. The first-order chi connectivity index (χ1) is 9.64. The number of anilines is 2. The zero-order valence-electron chi connectivity index (χ0n) is 13.7. The van der Waals surface area contributed by atoms with E-state index in [-0.39, 0.29) is 17.9 Å². The number of nitrogens with zero attached hydrogens (tertiary/aromatic N) is 1. The van der Waals surface area contributed by atoms with Crippen molar-refractivity contribution in [2.45, 2.75) is 33.7 Å². The zero-order valence-corrected chi connectivity index (χ0v) is 13.7. The van der Waals surface area contributed by atoms with Crippen LogP contribution in [0.4, 0.5) is 11.4 Å². The van der Waals surface area contributed by atoms with Crippen LogP contribution < -0.4 is 15.5 Å². The van der Waals surface area contributed by atoms with Gasteiger partial charge in [0.1, 0.15) is 5.41 Å². The zero-order chi connectivity index (χ0) is 16.2. The maximum atomic E-state index is 12.3. The number of hydrogen-bond donors (Lipinski definition) is 2. The van der Waals surface area contributed by atoms with Crippen molar-refractivity contribution in [2.24, 2.45) is 5.41 Å². The molecule has 21 heavy (non-hydrogen) atoms. The van der Waals surface area contributed by atoms with Gasteiger partial charge < -0.3 is 15.5 Å². The van der Waals surface area contributed by atoms with Crippen LogP contribution in [0.25, 0.3) is 0 Å². The molecule has 2 amide bonds. The molecule has 0 saturated carbocycles. The fraction of sp³-hybridized carbons (Fsp3) is 0.500. The highest BCUT2D eigenvalue weighted by Crippen LogP contribution is 2.21. The quantitative estimate of drug-likeness (QED) is 0.818. The van der Waals surface area contributed by atoms with E-state index in [2.05, 4.69) is 10.6 Å². The lowest BCUT2D eigenvalue weighted by atomic mass is 9.90. The Kier molecular flexibility index (Phi) is 5.35. The second kappa shape index (κ2) is 6.61. The van der Waals surface area contributed by atoms with Crippen LogP contribution in [-0.2, 0) is 9.59 Å². The Morgan fingerprint density at radius 1 is 1.05 bits per heavy atom. The molecule has 0 aliphatic rings. The first-order valence-electron chi connectivity index (χ1n) is 7.04. The standard InChI is InChI=1S/C16H25N3O2/c1-11(2)17-14(20)16(3,4)15(21)18-12-7-9-13(10-8-12)19(5)6/h7-11H,1-6H3,(H,17,20)(H,18,21). The summed E-state index contributed by atoms with van der Waals surface area (Å²) >= 11 is 0. The summed E-state index contributed by atoms with van der Waals surface area (Å²) in [4.78, 5) is 26.3. The van der Waals surface area contributed by atoms with E-state index >= 15 is 0 Å². The first-order valence-corrected chi connectivity index (χ1v) is 7.04. The average Bonchev–Trinajstić information content (AvgIpc) is 2.38. The summed E-state index contributed by atoms with van der Waals surface area (Å²) in [5, 5.41) is 5.55. The minimum atomic E-state index is -1.12. The third-order valence-electron chi connectivity index (χ3n) is 3.20. The largest absolute Gasteiger partial charge is 0.378 e. The Labute approximate surface area is 126 Å². The molecule has 0 aliphatic carbocycles. The molecule has 116 valence electrons. The van der Waals surface area contributed by atoms with Crippen molar-refractivity contribution >= 4 is 23.2 Å². The van der Waals surface area contributed by atoms with Crippen molar-refractivity contribution < 1.29 is 9.59 Å². The normalized spacial score (nSPS) is 11.2. The summed E-state index contributed by atoms with van der Waals surface area (Å²) in [5.41, 5.74) is 0.602. The van der Waals surface area contributed by atoms with Gasteiger partial charge in [-0.05, 0) is 52.0 Å². The molecule has 0 atom stereocenters. The van der Waals surface area contributed by atoms with E-state index in [1.54, 1.807) is 13.8 Å². The van der Waals surface area contributed by atoms with Crippen LogP contribution in [0.5, 0.6) is 0 Å². The molecule has 0 saturated heterocycles. The van der Waals surface area contributed by atoms with Crippen LogP contribution >= 0.6 is 0 Å². The fourth-order valence-corrected chi connectivity index (χ4v) is 1.68. The molecule has 0 radical (unpaired) electrons. The van der Waals surface area contributed by atoms with Crippen LogP contribution in [-0.4, -0.2) is 32.0 Å². The number of carbonyl (C=O) groups excluding carboxylic acids is 2. The van der Waals surface area contributed by atoms with E-state index < -0.39 is 5.41 Å². The molecule has 5 heteroatoms. The summed E-state index contributed by atoms with van der Waals surface area (Å²) in [6, 6.07) is 7.48. The Morgan fingerprint density at radius 3 is 2.00 bits per heavy atom. The molecule has 0 aromatic heterocycles. The predicted octanol–water partition coefficient (Wildman–Crippen LogP) is 2.24. The van der Waals surface area contributed by atoms with Crippen molar-refractivity contribution in [2.75, 3.05) is 24.3 Å². The summed E-state index contributed by atoms with van der Waals surface area (Å²) in [6.45, 7) is 6.97. The Balaban J connectivity index is 2.77. The van der Waals surface area contributed by atoms with E-state index in [4.69, 9.17) is 0 Å². The van der Waals surface area contributed by atoms with E-state index in [0.717, 1.165) is 5.69 Å². The molecule has 1 aromatic carbocycles. The summed E-state index contributed by atoms with van der Waals surface area (Å²) in [7, 11) is 3.90. The summed E-state index contributed by atoms with van der Waals surface area (Å²) < 4.78 is 0. The third-order valence-corrected chi connectivity index (χ3v) is 3.20. The van der Waals surface area contributed by atoms with Gasteiger partial charge in [0, 0.05) is 31.5 Å². The minimum Gasteiger partial charge on any atom is -0.378 e. The lowest BCUT2D eigenvalue weighted by Crippen LogP contribution is -2.47. The van der Waals surface area contributed by atoms with E-state index in [0.29, 0.717) is 5.69 Å². The lowest BCUT2D eigenvalue weighted by Gasteiger charge is -2.24. The van der Waals surface area contributed by atoms with Crippen LogP contribution in [0.1, 0.15) is 27.7 Å². The van der Waals surface area contributed by atoms with E-state index in [9.17, 15) is 9.59 Å². The second-order valence-electron chi connectivity index (χ2n) is 6.15. The molecule has 0 fully saturated rings. The van der Waals surface area contributed by atoms with Gasteiger partial charge >= 0.3 is 0 Å². The summed E-state index contributed by atoms with van der Waals surface area (Å²) in [5.74, 6) is -0.599. The molecule has 1 aromatic rings. The van der Waals surface area contributed by atoms with Gasteiger partial charge in [-0.15, -0.1) is 0 Å². The van der Waals surface area contributed by atoms with Crippen molar-refractivity contribution in [1.29, 1.82) is 0 Å². The van der Waals surface area contributed by atoms with Gasteiger partial charge in [0.15, 0.2) is 0 Å². The molecule has 0 bridgehead atoms. The maximum absolute atomic E-state index is 12.3. The van der Waals surface area contributed by atoms with Crippen molar-refractivity contribution in [3.63, 3.8) is 0 Å². The highest BCUT2D eigenvalue weighted by Gasteiger charge is 2.36. The fourth-order valence-electron chi connectivity index (χ4n) is 1.68. The number of hydrogen-bond acceptors (Lipinski definition) is 3. The molecular formula is C16H25N3O2. The third kappa shape index (κ3) is 4.48. The smallest absolute Gasteiger partial charge is 0.239 e. The molecule has 0 unspecified atom stereocenters. The van der Waals surface area contributed by atoms with Gasteiger partial charge in [-0.3, -0.25) is 9.59 Å². The molecule has 2 N–H and O–H groups in total. The molecular weight excluding hydrogens is 266 g/mol. The van der Waals surface area contributed by atoms with Gasteiger partial charge in [-0.1, -0.05) is 0 Å². The highest BCUT2D eigenvalue weighted by molar-refractivity contribution is 6.09. The van der Waals surface area contributed by atoms with Crippen LogP contribution in [0.2, 0.25) is 0 Å². The molecule has 0 aliphatic heterocycles. The van der Waals surface area contributed by atoms with Gasteiger partial charge in [-0.25, -0.2) is 0 Å².